The highest BCUT2D eigenvalue weighted by atomic mass is 79.9. The van der Waals surface area contributed by atoms with Gasteiger partial charge in [0.25, 0.3) is 0 Å². The molecule has 0 spiro atoms. The van der Waals surface area contributed by atoms with Crippen molar-refractivity contribution in [2.75, 3.05) is 7.11 Å². The fraction of sp³-hybridized carbons (Fsp3) is 0.308. The number of nitrogens with one attached hydrogen (secondary N) is 1. The van der Waals surface area contributed by atoms with Gasteiger partial charge in [0.2, 0.25) is 0 Å². The molecule has 5 nitrogen and oxygen atoms in total. The van der Waals surface area contributed by atoms with Crippen LogP contribution in [-0.4, -0.2) is 16.9 Å². The second-order valence-corrected chi connectivity index (χ2v) is 5.13. The summed E-state index contributed by atoms with van der Waals surface area (Å²) in [4.78, 5) is 0. The molecule has 0 aliphatic rings. The van der Waals surface area contributed by atoms with E-state index in [1.807, 2.05) is 36.0 Å². The number of methoxy groups -OCH3 is 1. The highest BCUT2D eigenvalue weighted by Crippen LogP contribution is 2.25. The number of benzene rings is 1. The molecule has 0 fully saturated rings. The number of hydrogen-bond donors (Lipinski definition) is 2. The topological polar surface area (TPSA) is 65.1 Å². The molecular weight excluding hydrogens is 308 g/mol. The zero-order chi connectivity index (χ0) is 13.8. The summed E-state index contributed by atoms with van der Waals surface area (Å²) in [5.41, 5.74) is 5.04. The molecule has 0 bridgehead atoms. The van der Waals surface area contributed by atoms with E-state index in [4.69, 9.17) is 10.6 Å². The van der Waals surface area contributed by atoms with Gasteiger partial charge in [-0.25, -0.2) is 0 Å². The van der Waals surface area contributed by atoms with Crippen LogP contribution in [-0.2, 0) is 13.5 Å². The molecule has 6 heteroatoms. The van der Waals surface area contributed by atoms with Crippen molar-refractivity contribution >= 4 is 15.9 Å². The van der Waals surface area contributed by atoms with Crippen LogP contribution in [0.2, 0.25) is 0 Å². The second-order valence-electron chi connectivity index (χ2n) is 4.27. The number of aromatic nitrogens is 2. The third-order valence-corrected chi connectivity index (χ3v) is 3.68. The Morgan fingerprint density at radius 3 is 2.58 bits per heavy atom. The maximum atomic E-state index is 5.67. The molecule has 0 aliphatic carbocycles. The van der Waals surface area contributed by atoms with Crippen molar-refractivity contribution in [1.29, 1.82) is 0 Å². The van der Waals surface area contributed by atoms with E-state index in [-0.39, 0.29) is 6.04 Å². The summed E-state index contributed by atoms with van der Waals surface area (Å²) in [6.07, 6.45) is 2.55. The standard InChI is InChI=1S/C13H17BrN4O/c1-18-13(11(14)8-16-18)12(17-15)7-9-3-5-10(19-2)6-4-9/h3-6,8,12,17H,7,15H2,1-2H3. The van der Waals surface area contributed by atoms with Gasteiger partial charge < -0.3 is 4.74 Å². The van der Waals surface area contributed by atoms with Gasteiger partial charge in [0, 0.05) is 7.05 Å². The molecule has 0 saturated carbocycles. The summed E-state index contributed by atoms with van der Waals surface area (Å²) in [5, 5.41) is 4.21. The second kappa shape index (κ2) is 6.18. The third kappa shape index (κ3) is 3.15. The first-order chi connectivity index (χ1) is 9.15. The Balaban J connectivity index is 2.19. The summed E-state index contributed by atoms with van der Waals surface area (Å²) in [5.74, 6) is 6.52. The predicted molar refractivity (Wildman–Crippen MR) is 77.7 cm³/mol. The summed E-state index contributed by atoms with van der Waals surface area (Å²) in [7, 11) is 3.56. The lowest BCUT2D eigenvalue weighted by Gasteiger charge is -2.17. The van der Waals surface area contributed by atoms with Gasteiger partial charge >= 0.3 is 0 Å². The fourth-order valence-electron chi connectivity index (χ4n) is 2.04. The Morgan fingerprint density at radius 2 is 2.11 bits per heavy atom. The van der Waals surface area contributed by atoms with Gasteiger partial charge in [0.1, 0.15) is 5.75 Å². The molecule has 1 unspecified atom stereocenters. The van der Waals surface area contributed by atoms with Crippen molar-refractivity contribution in [3.05, 3.63) is 46.2 Å². The zero-order valence-corrected chi connectivity index (χ0v) is 12.5. The quantitative estimate of drug-likeness (QED) is 0.651. The molecule has 0 aliphatic heterocycles. The van der Waals surface area contributed by atoms with E-state index in [1.165, 1.54) is 5.56 Å². The molecule has 3 N–H and O–H groups in total. The van der Waals surface area contributed by atoms with E-state index in [1.54, 1.807) is 13.3 Å². The van der Waals surface area contributed by atoms with Gasteiger partial charge in [-0.15, -0.1) is 0 Å². The predicted octanol–water partition coefficient (Wildman–Crippen LogP) is 1.94. The van der Waals surface area contributed by atoms with E-state index in [0.29, 0.717) is 0 Å². The van der Waals surface area contributed by atoms with Gasteiger partial charge in [0.05, 0.1) is 29.5 Å². The van der Waals surface area contributed by atoms with E-state index in [9.17, 15) is 0 Å². The lowest BCUT2D eigenvalue weighted by Crippen LogP contribution is -2.31. The third-order valence-electron chi connectivity index (χ3n) is 3.07. The number of nitrogens with two attached hydrogens (primary N) is 1. The van der Waals surface area contributed by atoms with E-state index >= 15 is 0 Å². The van der Waals surface area contributed by atoms with E-state index in [2.05, 4.69) is 26.5 Å². The lowest BCUT2D eigenvalue weighted by atomic mass is 10.0. The SMILES string of the molecule is COc1ccc(CC(NN)c2c(Br)cnn2C)cc1. The number of halogens is 1. The van der Waals surface area contributed by atoms with Crippen molar-refractivity contribution in [1.82, 2.24) is 15.2 Å². The van der Waals surface area contributed by atoms with Crippen LogP contribution in [0, 0.1) is 0 Å². The summed E-state index contributed by atoms with van der Waals surface area (Å²) in [6.45, 7) is 0. The Hall–Kier alpha value is -1.37. The average Bonchev–Trinajstić information content (AvgIpc) is 2.76. The summed E-state index contributed by atoms with van der Waals surface area (Å²) < 4.78 is 7.92. The van der Waals surface area contributed by atoms with E-state index < -0.39 is 0 Å². The lowest BCUT2D eigenvalue weighted by molar-refractivity contribution is 0.414. The molecule has 1 aromatic heterocycles. The number of hydrogen-bond acceptors (Lipinski definition) is 4. The molecule has 2 aromatic rings. The van der Waals surface area contributed by atoms with Crippen molar-refractivity contribution in [3.63, 3.8) is 0 Å². The van der Waals surface area contributed by atoms with Gasteiger partial charge in [-0.05, 0) is 40.0 Å². The van der Waals surface area contributed by atoms with Crippen LogP contribution >= 0.6 is 15.9 Å². The van der Waals surface area contributed by atoms with Crippen LogP contribution in [0.25, 0.3) is 0 Å². The number of aryl methyl sites for hydroxylation is 1. The molecule has 2 rings (SSSR count). The molecule has 1 heterocycles. The minimum absolute atomic E-state index is 0.00438. The molecule has 19 heavy (non-hydrogen) atoms. The number of hydrazine groups is 1. The minimum atomic E-state index is -0.00438. The first-order valence-corrected chi connectivity index (χ1v) is 6.71. The normalized spacial score (nSPS) is 12.4. The molecule has 1 aromatic carbocycles. The zero-order valence-electron chi connectivity index (χ0n) is 10.9. The van der Waals surface area contributed by atoms with E-state index in [0.717, 1.165) is 22.3 Å². The molecule has 102 valence electrons. The molecule has 0 radical (unpaired) electrons. The fourth-order valence-corrected chi connectivity index (χ4v) is 2.67. The van der Waals surface area contributed by atoms with Crippen molar-refractivity contribution < 1.29 is 4.74 Å². The Bertz CT molecular complexity index is 519. The first-order valence-electron chi connectivity index (χ1n) is 5.92. The van der Waals surface area contributed by atoms with Gasteiger partial charge in [-0.1, -0.05) is 12.1 Å². The number of rotatable bonds is 5. The Kier molecular flexibility index (Phi) is 4.57. The minimum Gasteiger partial charge on any atom is -0.497 e. The van der Waals surface area contributed by atoms with Crippen LogP contribution in [0.3, 0.4) is 0 Å². The molecule has 0 saturated heterocycles. The smallest absolute Gasteiger partial charge is 0.118 e. The monoisotopic (exact) mass is 324 g/mol. The molecule has 1 atom stereocenters. The van der Waals surface area contributed by atoms with Crippen molar-refractivity contribution in [3.8, 4) is 5.75 Å². The average molecular weight is 325 g/mol. The molecular formula is C13H17BrN4O. The van der Waals surface area contributed by atoms with Gasteiger partial charge in [0.15, 0.2) is 0 Å². The maximum Gasteiger partial charge on any atom is 0.118 e. The van der Waals surface area contributed by atoms with Crippen molar-refractivity contribution in [2.45, 2.75) is 12.5 Å². The van der Waals surface area contributed by atoms with Crippen LogP contribution in [0.15, 0.2) is 34.9 Å². The Labute approximate surface area is 120 Å². The summed E-state index contributed by atoms with van der Waals surface area (Å²) in [6, 6.07) is 7.96. The maximum absolute atomic E-state index is 5.67. The highest BCUT2D eigenvalue weighted by molar-refractivity contribution is 9.10. The first kappa shape index (κ1) is 14.0. The van der Waals surface area contributed by atoms with Gasteiger partial charge in [-0.3, -0.25) is 16.0 Å². The molecule has 0 amide bonds. The summed E-state index contributed by atoms with van der Waals surface area (Å²) >= 11 is 3.50. The Morgan fingerprint density at radius 1 is 1.42 bits per heavy atom. The number of ether oxygens (including phenoxy) is 1. The highest BCUT2D eigenvalue weighted by Gasteiger charge is 2.18. The van der Waals surface area contributed by atoms with Crippen LogP contribution in [0.5, 0.6) is 5.75 Å². The van der Waals surface area contributed by atoms with Gasteiger partial charge in [-0.2, -0.15) is 5.10 Å². The largest absolute Gasteiger partial charge is 0.497 e. The van der Waals surface area contributed by atoms with Crippen molar-refractivity contribution in [2.24, 2.45) is 12.9 Å². The van der Waals surface area contributed by atoms with Crippen LogP contribution < -0.4 is 16.0 Å². The number of nitrogens with zero attached hydrogens (tertiary/aromatic N) is 2. The van der Waals surface area contributed by atoms with Crippen LogP contribution in [0.1, 0.15) is 17.3 Å². The van der Waals surface area contributed by atoms with Crippen LogP contribution in [0.4, 0.5) is 0 Å².